The molecule has 1 aliphatic rings. The summed E-state index contributed by atoms with van der Waals surface area (Å²) < 4.78 is 4.86. The molecular weight excluding hydrogens is 292 g/mol. The summed E-state index contributed by atoms with van der Waals surface area (Å²) in [6.07, 6.45) is -0.611. The number of piperazine rings is 1. The van der Waals surface area contributed by atoms with Crippen molar-refractivity contribution in [2.75, 3.05) is 46.4 Å². The number of β-amino-alcohol motifs (C(OH)–C–C–N with tert-alkyl or cyclic N) is 1. The third-order valence-corrected chi connectivity index (χ3v) is 4.03. The van der Waals surface area contributed by atoms with Crippen LogP contribution in [0.15, 0.2) is 24.3 Å². The molecule has 116 valence electrons. The van der Waals surface area contributed by atoms with E-state index < -0.39 is 6.10 Å². The first-order chi connectivity index (χ1) is 10.1. The van der Waals surface area contributed by atoms with Crippen molar-refractivity contribution in [1.29, 1.82) is 0 Å². The highest BCUT2D eigenvalue weighted by atomic mass is 35.5. The Morgan fingerprint density at radius 2 is 2.00 bits per heavy atom. The third kappa shape index (κ3) is 4.41. The fourth-order valence-corrected chi connectivity index (χ4v) is 2.74. The molecule has 1 fully saturated rings. The summed E-state index contributed by atoms with van der Waals surface area (Å²) in [5.41, 5.74) is 0.747. The second-order valence-corrected chi connectivity index (χ2v) is 5.56. The summed E-state index contributed by atoms with van der Waals surface area (Å²) in [5.74, 6) is 0.0174. The van der Waals surface area contributed by atoms with Crippen LogP contribution in [0.3, 0.4) is 0 Å². The third-order valence-electron chi connectivity index (χ3n) is 3.69. The topological polar surface area (TPSA) is 53.0 Å². The maximum atomic E-state index is 11.7. The molecule has 1 N–H and O–H groups in total. The Labute approximate surface area is 130 Å². The van der Waals surface area contributed by atoms with Crippen molar-refractivity contribution in [1.82, 2.24) is 9.80 Å². The molecule has 0 radical (unpaired) electrons. The van der Waals surface area contributed by atoms with E-state index in [1.165, 1.54) is 7.11 Å². The molecule has 6 heteroatoms. The quantitative estimate of drug-likeness (QED) is 0.886. The van der Waals surface area contributed by atoms with Gasteiger partial charge in [0, 0.05) is 50.4 Å². The average molecular weight is 313 g/mol. The number of halogens is 1. The van der Waals surface area contributed by atoms with Crippen molar-refractivity contribution in [3.8, 4) is 0 Å². The summed E-state index contributed by atoms with van der Waals surface area (Å²) in [6, 6.07) is 7.33. The lowest BCUT2D eigenvalue weighted by Crippen LogP contribution is -2.50. The molecule has 1 heterocycles. The van der Waals surface area contributed by atoms with Gasteiger partial charge in [-0.25, -0.2) is 0 Å². The first-order valence-corrected chi connectivity index (χ1v) is 7.41. The molecule has 1 aromatic carbocycles. The minimum atomic E-state index is -0.611. The molecule has 0 spiro atoms. The second-order valence-electron chi connectivity index (χ2n) is 5.15. The van der Waals surface area contributed by atoms with Gasteiger partial charge < -0.3 is 14.7 Å². The van der Waals surface area contributed by atoms with Crippen molar-refractivity contribution in [2.45, 2.75) is 6.10 Å². The first-order valence-electron chi connectivity index (χ1n) is 7.03. The minimum Gasteiger partial charge on any atom is -0.387 e. The van der Waals surface area contributed by atoms with Crippen molar-refractivity contribution >= 4 is 17.5 Å². The number of nitrogens with zero attached hydrogens (tertiary/aromatic N) is 2. The Bertz CT molecular complexity index is 476. The van der Waals surface area contributed by atoms with Crippen LogP contribution >= 0.6 is 11.6 Å². The van der Waals surface area contributed by atoms with Crippen molar-refractivity contribution < 1.29 is 14.6 Å². The SMILES string of the molecule is COCC(=O)N1CCN(CC(O)c2ccccc2Cl)CC1. The number of ether oxygens (including phenoxy) is 1. The van der Waals surface area contributed by atoms with E-state index in [4.69, 9.17) is 16.3 Å². The van der Waals surface area contributed by atoms with Crippen molar-refractivity contribution in [3.63, 3.8) is 0 Å². The Morgan fingerprint density at radius 1 is 1.33 bits per heavy atom. The predicted octanol–water partition coefficient (Wildman–Crippen LogP) is 1.16. The molecule has 5 nitrogen and oxygen atoms in total. The van der Waals surface area contributed by atoms with E-state index in [0.29, 0.717) is 24.7 Å². The lowest BCUT2D eigenvalue weighted by Gasteiger charge is -2.35. The van der Waals surface area contributed by atoms with Gasteiger partial charge >= 0.3 is 0 Å². The van der Waals surface area contributed by atoms with Gasteiger partial charge in [-0.05, 0) is 6.07 Å². The van der Waals surface area contributed by atoms with Gasteiger partial charge in [0.2, 0.25) is 5.91 Å². The van der Waals surface area contributed by atoms with Gasteiger partial charge in [0.05, 0.1) is 6.10 Å². The van der Waals surface area contributed by atoms with Crippen molar-refractivity contribution in [2.24, 2.45) is 0 Å². The van der Waals surface area contributed by atoms with Gasteiger partial charge in [-0.3, -0.25) is 9.69 Å². The zero-order valence-corrected chi connectivity index (χ0v) is 12.9. The maximum absolute atomic E-state index is 11.7. The summed E-state index contributed by atoms with van der Waals surface area (Å²) in [5, 5.41) is 10.9. The molecule has 0 saturated carbocycles. The van der Waals surface area contributed by atoms with Crippen LogP contribution in [0.4, 0.5) is 0 Å². The molecule has 0 bridgehead atoms. The Hall–Kier alpha value is -1.14. The van der Waals surface area contributed by atoms with Gasteiger partial charge in [0.15, 0.2) is 0 Å². The van der Waals surface area contributed by atoms with Crippen LogP contribution in [0.25, 0.3) is 0 Å². The van der Waals surface area contributed by atoms with E-state index in [9.17, 15) is 9.90 Å². The van der Waals surface area contributed by atoms with Gasteiger partial charge in [-0.1, -0.05) is 29.8 Å². The highest BCUT2D eigenvalue weighted by molar-refractivity contribution is 6.31. The Kier molecular flexibility index (Phi) is 5.99. The molecular formula is C15H21ClN2O3. The molecule has 1 amide bonds. The Balaban J connectivity index is 1.83. The zero-order valence-electron chi connectivity index (χ0n) is 12.2. The summed E-state index contributed by atoms with van der Waals surface area (Å²) in [4.78, 5) is 15.6. The number of amides is 1. The van der Waals surface area contributed by atoms with E-state index in [0.717, 1.165) is 18.7 Å². The minimum absolute atomic E-state index is 0.0174. The standard InChI is InChI=1S/C15H21ClN2O3/c1-21-11-15(20)18-8-6-17(7-9-18)10-14(19)12-4-2-3-5-13(12)16/h2-5,14,19H,6-11H2,1H3. The largest absolute Gasteiger partial charge is 0.387 e. The highest BCUT2D eigenvalue weighted by Crippen LogP contribution is 2.23. The molecule has 1 aromatic rings. The number of carbonyl (C=O) groups excluding carboxylic acids is 1. The second kappa shape index (κ2) is 7.75. The molecule has 1 saturated heterocycles. The fourth-order valence-electron chi connectivity index (χ4n) is 2.48. The zero-order chi connectivity index (χ0) is 15.2. The van der Waals surface area contributed by atoms with Gasteiger partial charge in [-0.2, -0.15) is 0 Å². The van der Waals surface area contributed by atoms with E-state index in [2.05, 4.69) is 4.90 Å². The number of aliphatic hydroxyl groups excluding tert-OH is 1. The van der Waals surface area contributed by atoms with Crippen LogP contribution in [0.2, 0.25) is 5.02 Å². The lowest BCUT2D eigenvalue weighted by atomic mass is 10.1. The number of benzene rings is 1. The monoisotopic (exact) mass is 312 g/mol. The van der Waals surface area contributed by atoms with Crippen molar-refractivity contribution in [3.05, 3.63) is 34.9 Å². The number of methoxy groups -OCH3 is 1. The maximum Gasteiger partial charge on any atom is 0.248 e. The van der Waals surface area contributed by atoms with Crippen LogP contribution in [0.5, 0.6) is 0 Å². The van der Waals surface area contributed by atoms with E-state index in [-0.39, 0.29) is 12.5 Å². The van der Waals surface area contributed by atoms with Crippen LogP contribution in [-0.4, -0.2) is 67.3 Å². The predicted molar refractivity (Wildman–Crippen MR) is 81.3 cm³/mol. The summed E-state index contributed by atoms with van der Waals surface area (Å²) >= 11 is 6.09. The highest BCUT2D eigenvalue weighted by Gasteiger charge is 2.23. The molecule has 2 rings (SSSR count). The molecule has 1 unspecified atom stereocenters. The van der Waals surface area contributed by atoms with Gasteiger partial charge in [0.1, 0.15) is 6.61 Å². The number of carbonyl (C=O) groups is 1. The molecule has 21 heavy (non-hydrogen) atoms. The van der Waals surface area contributed by atoms with E-state index >= 15 is 0 Å². The number of rotatable bonds is 5. The first kappa shape index (κ1) is 16.2. The number of hydrogen-bond acceptors (Lipinski definition) is 4. The van der Waals surface area contributed by atoms with E-state index in [1.807, 2.05) is 18.2 Å². The smallest absolute Gasteiger partial charge is 0.248 e. The lowest BCUT2D eigenvalue weighted by molar-refractivity contribution is -0.137. The fraction of sp³-hybridized carbons (Fsp3) is 0.533. The molecule has 1 aliphatic heterocycles. The number of hydrogen-bond donors (Lipinski definition) is 1. The molecule has 1 atom stereocenters. The van der Waals surface area contributed by atoms with Gasteiger partial charge in [0.25, 0.3) is 0 Å². The van der Waals surface area contributed by atoms with E-state index in [1.54, 1.807) is 11.0 Å². The normalized spacial score (nSPS) is 17.8. The van der Waals surface area contributed by atoms with Crippen LogP contribution in [-0.2, 0) is 9.53 Å². The summed E-state index contributed by atoms with van der Waals surface area (Å²) in [7, 11) is 1.52. The average Bonchev–Trinajstić information content (AvgIpc) is 2.48. The molecule has 0 aliphatic carbocycles. The van der Waals surface area contributed by atoms with Crippen LogP contribution < -0.4 is 0 Å². The van der Waals surface area contributed by atoms with Crippen LogP contribution in [0, 0.1) is 0 Å². The molecule has 0 aromatic heterocycles. The summed E-state index contributed by atoms with van der Waals surface area (Å²) in [6.45, 7) is 3.47. The van der Waals surface area contributed by atoms with Gasteiger partial charge in [-0.15, -0.1) is 0 Å². The Morgan fingerprint density at radius 3 is 2.62 bits per heavy atom. The van der Waals surface area contributed by atoms with Crippen LogP contribution in [0.1, 0.15) is 11.7 Å². The number of aliphatic hydroxyl groups is 1.